The van der Waals surface area contributed by atoms with E-state index in [9.17, 15) is 4.79 Å². The Hall–Kier alpha value is -1.35. The third-order valence-corrected chi connectivity index (χ3v) is 4.00. The largest absolute Gasteiger partial charge is 0.325 e. The molecule has 2 aliphatic heterocycles. The lowest BCUT2D eigenvalue weighted by molar-refractivity contribution is -0.119. The zero-order chi connectivity index (χ0) is 12.0. The zero-order valence-corrected chi connectivity index (χ0v) is 10.3. The van der Waals surface area contributed by atoms with Gasteiger partial charge in [-0.3, -0.25) is 4.79 Å². The molecule has 3 nitrogen and oxygen atoms in total. The van der Waals surface area contributed by atoms with Crippen molar-refractivity contribution in [3.05, 3.63) is 29.3 Å². The zero-order valence-electron chi connectivity index (χ0n) is 10.3. The second-order valence-corrected chi connectivity index (χ2v) is 5.53. The van der Waals surface area contributed by atoms with Crippen LogP contribution in [-0.2, 0) is 10.2 Å². The number of carbonyl (C=O) groups is 1. The van der Waals surface area contributed by atoms with Gasteiger partial charge in [0, 0.05) is 11.7 Å². The van der Waals surface area contributed by atoms with Crippen molar-refractivity contribution in [1.29, 1.82) is 0 Å². The fourth-order valence-electron chi connectivity index (χ4n) is 2.77. The molecular formula is C14H18N2O. The summed E-state index contributed by atoms with van der Waals surface area (Å²) in [7, 11) is 0. The van der Waals surface area contributed by atoms with E-state index < -0.39 is 5.41 Å². The van der Waals surface area contributed by atoms with Gasteiger partial charge in [-0.1, -0.05) is 12.1 Å². The number of amides is 1. The Bertz CT molecular complexity index is 473. The molecule has 2 N–H and O–H groups in total. The maximum absolute atomic E-state index is 11.9. The third-order valence-electron chi connectivity index (χ3n) is 4.00. The van der Waals surface area contributed by atoms with Crippen molar-refractivity contribution in [2.45, 2.75) is 38.1 Å². The Morgan fingerprint density at radius 2 is 2.18 bits per heavy atom. The van der Waals surface area contributed by atoms with Gasteiger partial charge in [-0.25, -0.2) is 0 Å². The smallest absolute Gasteiger partial charge is 0.234 e. The second-order valence-electron chi connectivity index (χ2n) is 5.53. The van der Waals surface area contributed by atoms with E-state index in [2.05, 4.69) is 22.8 Å². The van der Waals surface area contributed by atoms with Crippen molar-refractivity contribution in [3.63, 3.8) is 0 Å². The number of nitrogens with one attached hydrogen (secondary N) is 2. The summed E-state index contributed by atoms with van der Waals surface area (Å²) < 4.78 is 0. The molecule has 17 heavy (non-hydrogen) atoms. The number of hydrogen-bond acceptors (Lipinski definition) is 2. The number of fused-ring (bicyclic) bond motifs is 1. The first kappa shape index (κ1) is 10.8. The predicted molar refractivity (Wildman–Crippen MR) is 68.1 cm³/mol. The van der Waals surface area contributed by atoms with Gasteiger partial charge in [0.1, 0.15) is 0 Å². The predicted octanol–water partition coefficient (Wildman–Crippen LogP) is 2.34. The molecule has 1 amide bonds. The van der Waals surface area contributed by atoms with Crippen LogP contribution in [0, 0.1) is 0 Å². The molecule has 3 heteroatoms. The average molecular weight is 230 g/mol. The molecule has 0 spiro atoms. The summed E-state index contributed by atoms with van der Waals surface area (Å²) in [4.78, 5) is 11.9. The van der Waals surface area contributed by atoms with E-state index in [1.165, 1.54) is 18.4 Å². The minimum absolute atomic E-state index is 0.101. The highest BCUT2D eigenvalue weighted by molar-refractivity contribution is 6.05. The first-order valence-corrected chi connectivity index (χ1v) is 6.28. The van der Waals surface area contributed by atoms with Crippen LogP contribution in [0.25, 0.3) is 0 Å². The highest BCUT2D eigenvalue weighted by Crippen LogP contribution is 2.39. The number of carbonyl (C=O) groups excluding carboxylic acids is 1. The first-order valence-electron chi connectivity index (χ1n) is 6.28. The average Bonchev–Trinajstić information content (AvgIpc) is 2.88. The van der Waals surface area contributed by atoms with Crippen LogP contribution in [0.5, 0.6) is 0 Å². The van der Waals surface area contributed by atoms with Gasteiger partial charge in [-0.2, -0.15) is 0 Å². The summed E-state index contributed by atoms with van der Waals surface area (Å²) in [6.07, 6.45) is 2.43. The Labute approximate surface area is 102 Å². The van der Waals surface area contributed by atoms with E-state index in [0.717, 1.165) is 17.8 Å². The van der Waals surface area contributed by atoms with Gasteiger partial charge < -0.3 is 10.6 Å². The van der Waals surface area contributed by atoms with Gasteiger partial charge in [0.2, 0.25) is 5.91 Å². The molecule has 0 aromatic heterocycles. The van der Waals surface area contributed by atoms with Crippen molar-refractivity contribution in [3.8, 4) is 0 Å². The molecule has 1 unspecified atom stereocenters. The molecular weight excluding hydrogens is 212 g/mol. The number of rotatable bonds is 1. The van der Waals surface area contributed by atoms with E-state index in [1.54, 1.807) is 0 Å². The summed E-state index contributed by atoms with van der Waals surface area (Å²) in [5.74, 6) is 0.101. The van der Waals surface area contributed by atoms with Crippen LogP contribution in [-0.4, -0.2) is 12.5 Å². The first-order chi connectivity index (χ1) is 8.09. The van der Waals surface area contributed by atoms with Crippen molar-refractivity contribution >= 4 is 11.6 Å². The highest BCUT2D eigenvalue weighted by Gasteiger charge is 2.38. The molecule has 0 aliphatic carbocycles. The second kappa shape index (κ2) is 3.57. The standard InChI is InChI=1S/C14H18N2O/c1-14(2)10-8-9(11-4-3-7-15-11)5-6-12(10)16-13(14)17/h5-6,8,11,15H,3-4,7H2,1-2H3,(H,16,17). The van der Waals surface area contributed by atoms with Crippen LogP contribution in [0.3, 0.4) is 0 Å². The van der Waals surface area contributed by atoms with Gasteiger partial charge in [-0.05, 0) is 50.4 Å². The molecule has 1 saturated heterocycles. The Morgan fingerprint density at radius 3 is 2.88 bits per heavy atom. The summed E-state index contributed by atoms with van der Waals surface area (Å²) >= 11 is 0. The maximum atomic E-state index is 11.9. The molecule has 0 saturated carbocycles. The van der Waals surface area contributed by atoms with E-state index in [1.807, 2.05) is 19.9 Å². The fraction of sp³-hybridized carbons (Fsp3) is 0.500. The minimum atomic E-state index is -0.399. The Balaban J connectivity index is 2.02. The van der Waals surface area contributed by atoms with Crippen LogP contribution in [0.4, 0.5) is 5.69 Å². The lowest BCUT2D eigenvalue weighted by Crippen LogP contribution is -2.27. The summed E-state index contributed by atoms with van der Waals surface area (Å²) in [6.45, 7) is 5.07. The van der Waals surface area contributed by atoms with E-state index >= 15 is 0 Å². The normalized spacial score (nSPS) is 25.8. The van der Waals surface area contributed by atoms with Gasteiger partial charge in [0.05, 0.1) is 5.41 Å². The SMILES string of the molecule is CC1(C)C(=O)Nc2ccc(C3CCCN3)cc21. The minimum Gasteiger partial charge on any atom is -0.325 e. The summed E-state index contributed by atoms with van der Waals surface area (Å²) in [6, 6.07) is 6.82. The molecule has 1 aromatic carbocycles. The van der Waals surface area contributed by atoms with Gasteiger partial charge in [-0.15, -0.1) is 0 Å². The monoisotopic (exact) mass is 230 g/mol. The quantitative estimate of drug-likeness (QED) is 0.777. The molecule has 2 aliphatic rings. The van der Waals surface area contributed by atoms with Crippen molar-refractivity contribution in [2.24, 2.45) is 0 Å². The van der Waals surface area contributed by atoms with Gasteiger partial charge >= 0.3 is 0 Å². The Morgan fingerprint density at radius 1 is 1.35 bits per heavy atom. The number of anilines is 1. The molecule has 90 valence electrons. The van der Waals surface area contributed by atoms with E-state index in [0.29, 0.717) is 6.04 Å². The van der Waals surface area contributed by atoms with E-state index in [4.69, 9.17) is 0 Å². The van der Waals surface area contributed by atoms with Gasteiger partial charge in [0.25, 0.3) is 0 Å². The highest BCUT2D eigenvalue weighted by atomic mass is 16.2. The summed E-state index contributed by atoms with van der Waals surface area (Å²) in [5, 5.41) is 6.44. The fourth-order valence-corrected chi connectivity index (χ4v) is 2.77. The number of hydrogen-bond donors (Lipinski definition) is 2. The van der Waals surface area contributed by atoms with Crippen molar-refractivity contribution < 1.29 is 4.79 Å². The van der Waals surface area contributed by atoms with Gasteiger partial charge in [0.15, 0.2) is 0 Å². The maximum Gasteiger partial charge on any atom is 0.234 e. The van der Waals surface area contributed by atoms with Crippen LogP contribution in [0.15, 0.2) is 18.2 Å². The lowest BCUT2D eigenvalue weighted by Gasteiger charge is -2.18. The molecule has 1 fully saturated rings. The van der Waals surface area contributed by atoms with Crippen LogP contribution >= 0.6 is 0 Å². The third kappa shape index (κ3) is 1.57. The van der Waals surface area contributed by atoms with Crippen LogP contribution in [0.1, 0.15) is 43.9 Å². The molecule has 1 atom stereocenters. The van der Waals surface area contributed by atoms with E-state index in [-0.39, 0.29) is 5.91 Å². The number of benzene rings is 1. The lowest BCUT2D eigenvalue weighted by atomic mass is 9.84. The Kier molecular flexibility index (Phi) is 2.26. The molecule has 0 bridgehead atoms. The summed E-state index contributed by atoms with van der Waals surface area (Å²) in [5.41, 5.74) is 3.02. The molecule has 0 radical (unpaired) electrons. The van der Waals surface area contributed by atoms with Crippen LogP contribution < -0.4 is 10.6 Å². The van der Waals surface area contributed by atoms with Crippen molar-refractivity contribution in [2.75, 3.05) is 11.9 Å². The van der Waals surface area contributed by atoms with Crippen molar-refractivity contribution in [1.82, 2.24) is 5.32 Å². The molecule has 3 rings (SSSR count). The molecule has 1 aromatic rings. The molecule has 2 heterocycles. The van der Waals surface area contributed by atoms with Crippen LogP contribution in [0.2, 0.25) is 0 Å². The topological polar surface area (TPSA) is 41.1 Å².